The second-order valence-corrected chi connectivity index (χ2v) is 6.02. The van der Waals surface area contributed by atoms with Gasteiger partial charge in [0.2, 0.25) is 0 Å². The molecule has 1 aromatic carbocycles. The number of aliphatic carboxylic acids is 1. The summed E-state index contributed by atoms with van der Waals surface area (Å²) in [5.41, 5.74) is 1.08. The van der Waals surface area contributed by atoms with Crippen molar-refractivity contribution in [2.75, 3.05) is 5.32 Å². The summed E-state index contributed by atoms with van der Waals surface area (Å²) >= 11 is 5.06. The summed E-state index contributed by atoms with van der Waals surface area (Å²) in [7, 11) is 0. The number of carboxylic acid groups (broad SMARTS) is 1. The van der Waals surface area contributed by atoms with Crippen LogP contribution in [0.25, 0.3) is 0 Å². The summed E-state index contributed by atoms with van der Waals surface area (Å²) in [4.78, 5) is 11.8. The molecule has 1 aliphatic heterocycles. The van der Waals surface area contributed by atoms with Crippen LogP contribution in [0.4, 0.5) is 5.69 Å². The lowest BCUT2D eigenvalue weighted by atomic mass is 10.1. The van der Waals surface area contributed by atoms with Crippen molar-refractivity contribution in [2.45, 2.75) is 29.5 Å². The van der Waals surface area contributed by atoms with Crippen molar-refractivity contribution in [2.24, 2.45) is 0 Å². The monoisotopic (exact) mass is 301 g/mol. The number of fused-ring (bicyclic) bond motifs is 1. The minimum Gasteiger partial charge on any atom is -0.481 e. The lowest BCUT2D eigenvalue weighted by Crippen LogP contribution is -2.33. The molecule has 0 aliphatic carbocycles. The standard InChI is InChI=1S/C11H12BrNO2S/c1-6-10(5-11(14)15)16-9-3-2-7(12)4-8(9)13-6/h2-4,6,10,13H,5H2,1H3,(H,14,15). The van der Waals surface area contributed by atoms with Crippen LogP contribution in [0.5, 0.6) is 0 Å². The molecule has 2 atom stereocenters. The quantitative estimate of drug-likeness (QED) is 0.881. The van der Waals surface area contributed by atoms with Gasteiger partial charge in [0.25, 0.3) is 0 Å². The van der Waals surface area contributed by atoms with Crippen molar-refractivity contribution >= 4 is 39.3 Å². The Balaban J connectivity index is 2.21. The van der Waals surface area contributed by atoms with E-state index in [4.69, 9.17) is 5.11 Å². The maximum atomic E-state index is 10.7. The van der Waals surface area contributed by atoms with Crippen molar-refractivity contribution in [3.8, 4) is 0 Å². The summed E-state index contributed by atoms with van der Waals surface area (Å²) < 4.78 is 1.03. The van der Waals surface area contributed by atoms with Crippen LogP contribution < -0.4 is 5.32 Å². The smallest absolute Gasteiger partial charge is 0.304 e. The van der Waals surface area contributed by atoms with E-state index >= 15 is 0 Å². The van der Waals surface area contributed by atoms with E-state index in [1.165, 1.54) is 0 Å². The SMILES string of the molecule is CC1Nc2cc(Br)ccc2SC1CC(=O)O. The topological polar surface area (TPSA) is 49.3 Å². The third kappa shape index (κ3) is 2.52. The Bertz CT molecular complexity index is 424. The summed E-state index contributed by atoms with van der Waals surface area (Å²) in [5.74, 6) is -0.744. The summed E-state index contributed by atoms with van der Waals surface area (Å²) in [6, 6.07) is 6.18. The van der Waals surface area contributed by atoms with Crippen LogP contribution in [0, 0.1) is 0 Å². The first-order valence-corrected chi connectivity index (χ1v) is 6.68. The van der Waals surface area contributed by atoms with Gasteiger partial charge in [-0.05, 0) is 25.1 Å². The van der Waals surface area contributed by atoms with Gasteiger partial charge in [0.05, 0.1) is 6.42 Å². The average molecular weight is 302 g/mol. The lowest BCUT2D eigenvalue weighted by Gasteiger charge is -2.31. The van der Waals surface area contributed by atoms with Crippen LogP contribution in [-0.2, 0) is 4.79 Å². The van der Waals surface area contributed by atoms with Crippen LogP contribution in [-0.4, -0.2) is 22.4 Å². The van der Waals surface area contributed by atoms with Gasteiger partial charge in [-0.3, -0.25) is 4.79 Å². The van der Waals surface area contributed by atoms with Gasteiger partial charge in [-0.15, -0.1) is 11.8 Å². The van der Waals surface area contributed by atoms with Gasteiger partial charge in [-0.1, -0.05) is 15.9 Å². The molecule has 5 heteroatoms. The summed E-state index contributed by atoms with van der Waals surface area (Å²) in [6.07, 6.45) is 0.189. The fourth-order valence-corrected chi connectivity index (χ4v) is 3.29. The number of rotatable bonds is 2. The molecular formula is C11H12BrNO2S. The van der Waals surface area contributed by atoms with Crippen LogP contribution in [0.1, 0.15) is 13.3 Å². The molecule has 86 valence electrons. The average Bonchev–Trinajstić information content (AvgIpc) is 2.19. The molecule has 0 fully saturated rings. The third-order valence-corrected chi connectivity index (χ3v) is 4.52. The molecule has 1 heterocycles. The molecule has 0 bridgehead atoms. The zero-order valence-corrected chi connectivity index (χ0v) is 11.1. The van der Waals surface area contributed by atoms with Crippen molar-refractivity contribution in [3.63, 3.8) is 0 Å². The molecule has 0 radical (unpaired) electrons. The van der Waals surface area contributed by atoms with Gasteiger partial charge < -0.3 is 10.4 Å². The first kappa shape index (κ1) is 11.8. The molecule has 0 saturated heterocycles. The highest BCUT2D eigenvalue weighted by atomic mass is 79.9. The normalized spacial score (nSPS) is 23.4. The Labute approximate surface area is 107 Å². The molecular weight excluding hydrogens is 290 g/mol. The Kier molecular flexibility index (Phi) is 3.44. The van der Waals surface area contributed by atoms with Crippen molar-refractivity contribution in [1.82, 2.24) is 0 Å². The van der Waals surface area contributed by atoms with Gasteiger partial charge in [0, 0.05) is 26.3 Å². The molecule has 2 unspecified atom stereocenters. The zero-order valence-electron chi connectivity index (χ0n) is 8.74. The molecule has 1 aliphatic rings. The Morgan fingerprint density at radius 1 is 1.62 bits per heavy atom. The minimum atomic E-state index is -0.744. The van der Waals surface area contributed by atoms with E-state index in [0.29, 0.717) is 0 Å². The highest BCUT2D eigenvalue weighted by Crippen LogP contribution is 2.40. The maximum Gasteiger partial charge on any atom is 0.304 e. The molecule has 0 amide bonds. The van der Waals surface area contributed by atoms with Crippen LogP contribution >= 0.6 is 27.7 Å². The number of nitrogens with one attached hydrogen (secondary N) is 1. The summed E-state index contributed by atoms with van der Waals surface area (Å²) in [5, 5.41) is 12.3. The Hall–Kier alpha value is -0.680. The van der Waals surface area contributed by atoms with E-state index in [-0.39, 0.29) is 17.7 Å². The number of anilines is 1. The van der Waals surface area contributed by atoms with Crippen molar-refractivity contribution < 1.29 is 9.90 Å². The van der Waals surface area contributed by atoms with E-state index < -0.39 is 5.97 Å². The lowest BCUT2D eigenvalue weighted by molar-refractivity contribution is -0.137. The van der Waals surface area contributed by atoms with E-state index in [0.717, 1.165) is 15.1 Å². The van der Waals surface area contributed by atoms with Crippen LogP contribution in [0.2, 0.25) is 0 Å². The second kappa shape index (κ2) is 4.67. The third-order valence-electron chi connectivity index (χ3n) is 2.54. The number of benzene rings is 1. The molecule has 0 spiro atoms. The molecule has 16 heavy (non-hydrogen) atoms. The molecule has 2 N–H and O–H groups in total. The first-order chi connectivity index (χ1) is 7.56. The molecule has 2 rings (SSSR count). The van der Waals surface area contributed by atoms with E-state index in [2.05, 4.69) is 21.2 Å². The minimum absolute atomic E-state index is 0.0891. The van der Waals surface area contributed by atoms with E-state index in [1.807, 2.05) is 25.1 Å². The van der Waals surface area contributed by atoms with Crippen LogP contribution in [0.3, 0.4) is 0 Å². The van der Waals surface area contributed by atoms with Gasteiger partial charge >= 0.3 is 5.97 Å². The second-order valence-electron chi connectivity index (χ2n) is 3.83. The number of hydrogen-bond donors (Lipinski definition) is 2. The number of thioether (sulfide) groups is 1. The van der Waals surface area contributed by atoms with Crippen molar-refractivity contribution in [3.05, 3.63) is 22.7 Å². The maximum absolute atomic E-state index is 10.7. The zero-order chi connectivity index (χ0) is 11.7. The van der Waals surface area contributed by atoms with E-state index in [9.17, 15) is 4.79 Å². The van der Waals surface area contributed by atoms with E-state index in [1.54, 1.807) is 11.8 Å². The van der Waals surface area contributed by atoms with Crippen LogP contribution in [0.15, 0.2) is 27.6 Å². The highest BCUT2D eigenvalue weighted by Gasteiger charge is 2.27. The number of carbonyl (C=O) groups is 1. The summed E-state index contributed by atoms with van der Waals surface area (Å²) in [6.45, 7) is 2.02. The molecule has 0 aromatic heterocycles. The molecule has 0 saturated carbocycles. The molecule has 1 aromatic rings. The van der Waals surface area contributed by atoms with Gasteiger partial charge in [0.1, 0.15) is 0 Å². The fraction of sp³-hybridized carbons (Fsp3) is 0.364. The van der Waals surface area contributed by atoms with Gasteiger partial charge in [-0.25, -0.2) is 0 Å². The first-order valence-electron chi connectivity index (χ1n) is 5.01. The molecule has 3 nitrogen and oxygen atoms in total. The highest BCUT2D eigenvalue weighted by molar-refractivity contribution is 9.10. The predicted octanol–water partition coefficient (Wildman–Crippen LogP) is 3.20. The van der Waals surface area contributed by atoms with Gasteiger partial charge in [-0.2, -0.15) is 0 Å². The number of hydrogen-bond acceptors (Lipinski definition) is 3. The Morgan fingerprint density at radius 2 is 2.38 bits per heavy atom. The largest absolute Gasteiger partial charge is 0.481 e. The number of carboxylic acids is 1. The number of halogens is 1. The fourth-order valence-electron chi connectivity index (χ4n) is 1.71. The van der Waals surface area contributed by atoms with Gasteiger partial charge in [0.15, 0.2) is 0 Å². The predicted molar refractivity (Wildman–Crippen MR) is 69.1 cm³/mol. The Morgan fingerprint density at radius 3 is 3.06 bits per heavy atom. The van der Waals surface area contributed by atoms with Crippen molar-refractivity contribution in [1.29, 1.82) is 0 Å².